The Hall–Kier alpha value is -0.0800. The summed E-state index contributed by atoms with van der Waals surface area (Å²) in [7, 11) is 0. The molecule has 0 amide bonds. The summed E-state index contributed by atoms with van der Waals surface area (Å²) in [6.07, 6.45) is 8.40. The summed E-state index contributed by atoms with van der Waals surface area (Å²) < 4.78 is 5.36. The predicted molar refractivity (Wildman–Crippen MR) is 51.1 cm³/mol. The molecule has 2 N–H and O–H groups in total. The van der Waals surface area contributed by atoms with Crippen molar-refractivity contribution >= 4 is 0 Å². The van der Waals surface area contributed by atoms with Crippen LogP contribution in [0, 0.1) is 5.92 Å². The Morgan fingerprint density at radius 1 is 1.08 bits per heavy atom. The van der Waals surface area contributed by atoms with E-state index < -0.39 is 0 Å². The second-order valence-corrected chi connectivity index (χ2v) is 3.69. The van der Waals surface area contributed by atoms with Gasteiger partial charge in [-0.15, -0.1) is 0 Å². The lowest BCUT2D eigenvalue weighted by molar-refractivity contribution is 0.120. The first-order chi connectivity index (χ1) is 5.93. The Morgan fingerprint density at radius 2 is 1.83 bits per heavy atom. The highest BCUT2D eigenvalue weighted by Gasteiger charge is 2.12. The molecule has 0 radical (unpaired) electrons. The molecule has 1 aliphatic carbocycles. The van der Waals surface area contributed by atoms with Gasteiger partial charge in [-0.1, -0.05) is 32.1 Å². The van der Waals surface area contributed by atoms with Gasteiger partial charge in [-0.2, -0.15) is 0 Å². The molecule has 1 fully saturated rings. The zero-order valence-electron chi connectivity index (χ0n) is 7.93. The average Bonchev–Trinajstić information content (AvgIpc) is 2.14. The van der Waals surface area contributed by atoms with Crippen LogP contribution in [0.2, 0.25) is 0 Å². The highest BCUT2D eigenvalue weighted by Crippen LogP contribution is 2.25. The molecule has 0 heterocycles. The van der Waals surface area contributed by atoms with E-state index >= 15 is 0 Å². The van der Waals surface area contributed by atoms with E-state index in [1.54, 1.807) is 0 Å². The van der Waals surface area contributed by atoms with Crippen molar-refractivity contribution in [3.8, 4) is 0 Å². The maximum absolute atomic E-state index is 5.36. The monoisotopic (exact) mass is 171 g/mol. The molecule has 1 aliphatic rings. The molecule has 72 valence electrons. The van der Waals surface area contributed by atoms with Gasteiger partial charge >= 0.3 is 0 Å². The van der Waals surface area contributed by atoms with E-state index in [4.69, 9.17) is 10.5 Å². The molecule has 0 aromatic rings. The van der Waals surface area contributed by atoms with Crippen LogP contribution >= 0.6 is 0 Å². The van der Waals surface area contributed by atoms with E-state index in [0.717, 1.165) is 19.1 Å². The first-order valence-corrected chi connectivity index (χ1v) is 5.21. The lowest BCUT2D eigenvalue weighted by atomic mass is 9.87. The van der Waals surface area contributed by atoms with Crippen molar-refractivity contribution in [1.29, 1.82) is 0 Å². The van der Waals surface area contributed by atoms with E-state index in [2.05, 4.69) is 0 Å². The quantitative estimate of drug-likeness (QED) is 0.641. The van der Waals surface area contributed by atoms with Crippen molar-refractivity contribution in [2.45, 2.75) is 38.5 Å². The standard InChI is InChI=1S/C10H21NO/c11-7-9-12-8-6-10-4-2-1-3-5-10/h10H,1-9,11H2. The van der Waals surface area contributed by atoms with Crippen LogP contribution in [0.5, 0.6) is 0 Å². The van der Waals surface area contributed by atoms with E-state index in [0.29, 0.717) is 6.54 Å². The summed E-state index contributed by atoms with van der Waals surface area (Å²) in [5.74, 6) is 0.941. The Balaban J connectivity index is 1.91. The summed E-state index contributed by atoms with van der Waals surface area (Å²) in [4.78, 5) is 0. The Bertz CT molecular complexity index is 100. The number of nitrogens with two attached hydrogens (primary N) is 1. The van der Waals surface area contributed by atoms with Gasteiger partial charge in [0.15, 0.2) is 0 Å². The molecule has 0 aromatic carbocycles. The molecule has 0 bridgehead atoms. The second-order valence-electron chi connectivity index (χ2n) is 3.69. The van der Waals surface area contributed by atoms with Gasteiger partial charge in [-0.05, 0) is 12.3 Å². The van der Waals surface area contributed by atoms with Crippen LogP contribution in [0.3, 0.4) is 0 Å². The first-order valence-electron chi connectivity index (χ1n) is 5.21. The van der Waals surface area contributed by atoms with Crippen LogP contribution in [0.1, 0.15) is 38.5 Å². The fourth-order valence-electron chi connectivity index (χ4n) is 1.91. The molecule has 0 aliphatic heterocycles. The van der Waals surface area contributed by atoms with E-state index in [1.807, 2.05) is 0 Å². The highest BCUT2D eigenvalue weighted by atomic mass is 16.5. The molecule has 1 rings (SSSR count). The van der Waals surface area contributed by atoms with Gasteiger partial charge < -0.3 is 10.5 Å². The SMILES string of the molecule is NCCOCCC1CCCCC1. The third kappa shape index (κ3) is 4.07. The zero-order chi connectivity index (χ0) is 8.65. The van der Waals surface area contributed by atoms with Crippen molar-refractivity contribution in [3.63, 3.8) is 0 Å². The van der Waals surface area contributed by atoms with Crippen molar-refractivity contribution in [2.75, 3.05) is 19.8 Å². The van der Waals surface area contributed by atoms with E-state index in [1.165, 1.54) is 38.5 Å². The second kappa shape index (κ2) is 6.44. The van der Waals surface area contributed by atoms with Crippen LogP contribution in [-0.4, -0.2) is 19.8 Å². The first kappa shape index (κ1) is 10.0. The summed E-state index contributed by atoms with van der Waals surface area (Å²) in [5, 5.41) is 0. The minimum Gasteiger partial charge on any atom is -0.380 e. The largest absolute Gasteiger partial charge is 0.380 e. The molecule has 0 atom stereocenters. The third-order valence-electron chi connectivity index (χ3n) is 2.66. The van der Waals surface area contributed by atoms with Crippen LogP contribution in [0.15, 0.2) is 0 Å². The lowest BCUT2D eigenvalue weighted by Gasteiger charge is -2.21. The molecule has 0 spiro atoms. The van der Waals surface area contributed by atoms with Crippen molar-refractivity contribution in [1.82, 2.24) is 0 Å². The van der Waals surface area contributed by atoms with Crippen molar-refractivity contribution in [3.05, 3.63) is 0 Å². The fourth-order valence-corrected chi connectivity index (χ4v) is 1.91. The van der Waals surface area contributed by atoms with E-state index in [-0.39, 0.29) is 0 Å². The zero-order valence-corrected chi connectivity index (χ0v) is 7.93. The predicted octanol–water partition coefficient (Wildman–Crippen LogP) is 1.93. The Kier molecular flexibility index (Phi) is 5.37. The van der Waals surface area contributed by atoms with Gasteiger partial charge in [0.25, 0.3) is 0 Å². The van der Waals surface area contributed by atoms with Gasteiger partial charge in [0, 0.05) is 13.2 Å². The molecule has 12 heavy (non-hydrogen) atoms. The average molecular weight is 171 g/mol. The van der Waals surface area contributed by atoms with Crippen LogP contribution in [0.25, 0.3) is 0 Å². The minimum absolute atomic E-state index is 0.657. The van der Waals surface area contributed by atoms with Crippen LogP contribution in [-0.2, 0) is 4.74 Å². The van der Waals surface area contributed by atoms with Gasteiger partial charge in [-0.3, -0.25) is 0 Å². The number of hydrogen-bond donors (Lipinski definition) is 1. The fraction of sp³-hybridized carbons (Fsp3) is 1.00. The van der Waals surface area contributed by atoms with Crippen molar-refractivity contribution < 1.29 is 4.74 Å². The highest BCUT2D eigenvalue weighted by molar-refractivity contribution is 4.65. The smallest absolute Gasteiger partial charge is 0.0588 e. The summed E-state index contributed by atoms with van der Waals surface area (Å²) in [5.41, 5.74) is 5.32. The molecular weight excluding hydrogens is 150 g/mol. The van der Waals surface area contributed by atoms with Gasteiger partial charge in [0.05, 0.1) is 6.61 Å². The van der Waals surface area contributed by atoms with E-state index in [9.17, 15) is 0 Å². The van der Waals surface area contributed by atoms with Gasteiger partial charge in [-0.25, -0.2) is 0 Å². The number of ether oxygens (including phenoxy) is 1. The Morgan fingerprint density at radius 3 is 2.50 bits per heavy atom. The number of rotatable bonds is 5. The topological polar surface area (TPSA) is 35.2 Å². The summed E-state index contributed by atoms with van der Waals surface area (Å²) >= 11 is 0. The van der Waals surface area contributed by atoms with Gasteiger partial charge in [0.2, 0.25) is 0 Å². The summed E-state index contributed by atoms with van der Waals surface area (Å²) in [6, 6.07) is 0. The maximum atomic E-state index is 5.36. The summed E-state index contributed by atoms with van der Waals surface area (Å²) in [6.45, 7) is 2.30. The third-order valence-corrected chi connectivity index (χ3v) is 2.66. The van der Waals surface area contributed by atoms with Crippen molar-refractivity contribution in [2.24, 2.45) is 11.7 Å². The number of hydrogen-bond acceptors (Lipinski definition) is 2. The minimum atomic E-state index is 0.657. The molecule has 0 unspecified atom stereocenters. The molecule has 0 saturated heterocycles. The maximum Gasteiger partial charge on any atom is 0.0588 e. The van der Waals surface area contributed by atoms with Crippen LogP contribution in [0.4, 0.5) is 0 Å². The van der Waals surface area contributed by atoms with Crippen LogP contribution < -0.4 is 5.73 Å². The Labute approximate surface area is 75.5 Å². The lowest BCUT2D eigenvalue weighted by Crippen LogP contribution is -2.13. The normalized spacial score (nSPS) is 19.8. The molecule has 1 saturated carbocycles. The molecular formula is C10H21NO. The van der Waals surface area contributed by atoms with Gasteiger partial charge in [0.1, 0.15) is 0 Å². The molecule has 0 aromatic heterocycles. The molecule has 2 heteroatoms. The molecule has 2 nitrogen and oxygen atoms in total.